The minimum atomic E-state index is -3.82. The summed E-state index contributed by atoms with van der Waals surface area (Å²) >= 11 is 0. The number of nitrogens with one attached hydrogen (secondary N) is 1. The fraction of sp³-hybridized carbons (Fsp3) is 0.273. The van der Waals surface area contributed by atoms with E-state index in [1.54, 1.807) is 25.1 Å². The highest BCUT2D eigenvalue weighted by molar-refractivity contribution is 7.90. The van der Waals surface area contributed by atoms with Crippen LogP contribution in [-0.2, 0) is 14.8 Å². The first kappa shape index (κ1) is 12.6. The van der Waals surface area contributed by atoms with Crippen LogP contribution in [0.3, 0.4) is 0 Å². The van der Waals surface area contributed by atoms with Gasteiger partial charge in [-0.05, 0) is 18.6 Å². The first-order chi connectivity index (χ1) is 8.45. The van der Waals surface area contributed by atoms with Crippen LogP contribution in [-0.4, -0.2) is 25.3 Å². The standard InChI is InChI=1S/C11H12N2O4S/c1-2-7(11(14)15)10-12-8-5-3-4-6-9(8)18(16,17)13-10/h3-7H,2H2,1H3,(H,12,13)(H,14,15). The van der Waals surface area contributed by atoms with E-state index < -0.39 is 21.9 Å². The van der Waals surface area contributed by atoms with E-state index in [2.05, 4.69) is 9.71 Å². The molecule has 1 aliphatic heterocycles. The molecule has 1 heterocycles. The number of aliphatic carboxylic acids is 1. The molecule has 0 bridgehead atoms. The van der Waals surface area contributed by atoms with Crippen LogP contribution in [0, 0.1) is 5.92 Å². The van der Waals surface area contributed by atoms with E-state index in [9.17, 15) is 13.2 Å². The second-order valence-electron chi connectivity index (χ2n) is 3.87. The molecule has 0 amide bonds. The number of rotatable bonds is 3. The van der Waals surface area contributed by atoms with Gasteiger partial charge in [-0.1, -0.05) is 19.1 Å². The summed E-state index contributed by atoms with van der Waals surface area (Å²) in [7, 11) is -3.82. The summed E-state index contributed by atoms with van der Waals surface area (Å²) in [6.07, 6.45) is 0.263. The summed E-state index contributed by atoms with van der Waals surface area (Å²) in [4.78, 5) is 11.1. The Morgan fingerprint density at radius 1 is 1.44 bits per heavy atom. The molecule has 1 atom stereocenters. The lowest BCUT2D eigenvalue weighted by atomic mass is 10.1. The number of para-hydroxylation sites is 1. The van der Waals surface area contributed by atoms with Crippen molar-refractivity contribution >= 4 is 27.5 Å². The molecule has 6 nitrogen and oxygen atoms in total. The monoisotopic (exact) mass is 268 g/mol. The molecule has 1 unspecified atom stereocenters. The quantitative estimate of drug-likeness (QED) is 0.861. The highest BCUT2D eigenvalue weighted by Crippen LogP contribution is 2.28. The fourth-order valence-corrected chi connectivity index (χ4v) is 2.95. The summed E-state index contributed by atoms with van der Waals surface area (Å²) in [5.74, 6) is -2.09. The van der Waals surface area contributed by atoms with Crippen LogP contribution in [0.5, 0.6) is 0 Å². The number of carboxylic acid groups (broad SMARTS) is 1. The summed E-state index contributed by atoms with van der Waals surface area (Å²) in [6.45, 7) is 1.66. The lowest BCUT2D eigenvalue weighted by Crippen LogP contribution is -2.33. The number of nitrogens with zero attached hydrogens (tertiary/aromatic N) is 1. The molecule has 0 saturated carbocycles. The Morgan fingerprint density at radius 3 is 2.72 bits per heavy atom. The van der Waals surface area contributed by atoms with Crippen LogP contribution in [0.25, 0.3) is 0 Å². The number of amidine groups is 1. The minimum Gasteiger partial charge on any atom is -0.481 e. The highest BCUT2D eigenvalue weighted by Gasteiger charge is 2.31. The average molecular weight is 268 g/mol. The molecule has 1 aromatic rings. The van der Waals surface area contributed by atoms with E-state index in [4.69, 9.17) is 5.11 Å². The Hall–Kier alpha value is -1.89. The molecule has 0 spiro atoms. The fourth-order valence-electron chi connectivity index (χ4n) is 1.77. The summed E-state index contributed by atoms with van der Waals surface area (Å²) in [5.41, 5.74) is 0.363. The maximum Gasteiger partial charge on any atom is 0.314 e. The molecule has 0 radical (unpaired) electrons. The van der Waals surface area contributed by atoms with Gasteiger partial charge in [0.2, 0.25) is 0 Å². The van der Waals surface area contributed by atoms with Crippen molar-refractivity contribution in [2.75, 3.05) is 5.32 Å². The number of sulfonamides is 1. The van der Waals surface area contributed by atoms with E-state index in [-0.39, 0.29) is 17.2 Å². The van der Waals surface area contributed by atoms with Gasteiger partial charge in [-0.25, -0.2) is 0 Å². The predicted octanol–water partition coefficient (Wildman–Crippen LogP) is 1.31. The van der Waals surface area contributed by atoms with Gasteiger partial charge in [-0.2, -0.15) is 8.42 Å². The van der Waals surface area contributed by atoms with Crippen molar-refractivity contribution in [1.82, 2.24) is 0 Å². The molecule has 0 aromatic heterocycles. The van der Waals surface area contributed by atoms with Crippen LogP contribution in [0.4, 0.5) is 5.69 Å². The number of carbonyl (C=O) groups is 1. The van der Waals surface area contributed by atoms with Crippen LogP contribution in [0.15, 0.2) is 33.6 Å². The third-order valence-electron chi connectivity index (χ3n) is 2.68. The largest absolute Gasteiger partial charge is 0.481 e. The lowest BCUT2D eigenvalue weighted by Gasteiger charge is -2.21. The van der Waals surface area contributed by atoms with Gasteiger partial charge in [0, 0.05) is 0 Å². The molecule has 2 rings (SSSR count). The summed E-state index contributed by atoms with van der Waals surface area (Å²) in [6, 6.07) is 6.27. The minimum absolute atomic E-state index is 0.0382. The molecule has 1 aromatic carbocycles. The maximum atomic E-state index is 11.9. The summed E-state index contributed by atoms with van der Waals surface area (Å²) in [5, 5.41) is 11.8. The van der Waals surface area contributed by atoms with Gasteiger partial charge in [0.15, 0.2) is 0 Å². The summed E-state index contributed by atoms with van der Waals surface area (Å²) < 4.78 is 27.4. The van der Waals surface area contributed by atoms with Gasteiger partial charge in [0.05, 0.1) is 5.69 Å². The number of fused-ring (bicyclic) bond motifs is 1. The zero-order chi connectivity index (χ0) is 13.3. The third-order valence-corrected chi connectivity index (χ3v) is 4.03. The highest BCUT2D eigenvalue weighted by atomic mass is 32.2. The maximum absolute atomic E-state index is 11.9. The molecular formula is C11H12N2O4S. The van der Waals surface area contributed by atoms with Crippen LogP contribution in [0.2, 0.25) is 0 Å². The van der Waals surface area contributed by atoms with Crippen molar-refractivity contribution in [3.05, 3.63) is 24.3 Å². The molecule has 0 saturated heterocycles. The SMILES string of the molecule is CCC(C(=O)O)C1=NS(=O)(=O)c2ccccc2N1. The zero-order valence-corrected chi connectivity index (χ0v) is 10.4. The van der Waals surface area contributed by atoms with Crippen LogP contribution in [0.1, 0.15) is 13.3 Å². The molecule has 18 heavy (non-hydrogen) atoms. The molecule has 0 fully saturated rings. The predicted molar refractivity (Wildman–Crippen MR) is 66.1 cm³/mol. The molecule has 2 N–H and O–H groups in total. The van der Waals surface area contributed by atoms with E-state index >= 15 is 0 Å². The Kier molecular flexibility index (Phi) is 3.08. The topological polar surface area (TPSA) is 95.8 Å². The molecule has 1 aliphatic rings. The zero-order valence-electron chi connectivity index (χ0n) is 9.62. The van der Waals surface area contributed by atoms with Crippen molar-refractivity contribution in [3.8, 4) is 0 Å². The molecule has 7 heteroatoms. The molecular weight excluding hydrogens is 256 g/mol. The Labute approximate surface area is 104 Å². The van der Waals surface area contributed by atoms with Gasteiger partial charge in [0.25, 0.3) is 10.0 Å². The van der Waals surface area contributed by atoms with E-state index in [1.165, 1.54) is 6.07 Å². The van der Waals surface area contributed by atoms with Crippen molar-refractivity contribution in [2.45, 2.75) is 18.2 Å². The Morgan fingerprint density at radius 2 is 2.11 bits per heavy atom. The van der Waals surface area contributed by atoms with Crippen molar-refractivity contribution in [2.24, 2.45) is 10.3 Å². The van der Waals surface area contributed by atoms with E-state index in [1.807, 2.05) is 0 Å². The van der Waals surface area contributed by atoms with Crippen molar-refractivity contribution in [1.29, 1.82) is 0 Å². The van der Waals surface area contributed by atoms with Crippen LogP contribution >= 0.6 is 0 Å². The second kappa shape index (κ2) is 4.41. The number of hydrogen-bond donors (Lipinski definition) is 2. The number of anilines is 1. The first-order valence-corrected chi connectivity index (χ1v) is 6.83. The van der Waals surface area contributed by atoms with Gasteiger partial charge in [0.1, 0.15) is 16.6 Å². The van der Waals surface area contributed by atoms with Crippen LogP contribution < -0.4 is 5.32 Å². The van der Waals surface area contributed by atoms with Gasteiger partial charge < -0.3 is 10.4 Å². The number of benzene rings is 1. The van der Waals surface area contributed by atoms with Crippen molar-refractivity contribution < 1.29 is 18.3 Å². The smallest absolute Gasteiger partial charge is 0.314 e. The lowest BCUT2D eigenvalue weighted by molar-refractivity contribution is -0.139. The average Bonchev–Trinajstić information content (AvgIpc) is 2.28. The normalized spacial score (nSPS) is 18.2. The Bertz CT molecular complexity index is 622. The van der Waals surface area contributed by atoms with Gasteiger partial charge in [-0.15, -0.1) is 4.40 Å². The van der Waals surface area contributed by atoms with Gasteiger partial charge >= 0.3 is 5.97 Å². The third kappa shape index (κ3) is 2.08. The van der Waals surface area contributed by atoms with Gasteiger partial charge in [-0.3, -0.25) is 4.79 Å². The molecule has 0 aliphatic carbocycles. The second-order valence-corrected chi connectivity index (χ2v) is 5.44. The van der Waals surface area contributed by atoms with E-state index in [0.717, 1.165) is 0 Å². The number of carboxylic acids is 1. The van der Waals surface area contributed by atoms with Crippen molar-refractivity contribution in [3.63, 3.8) is 0 Å². The first-order valence-electron chi connectivity index (χ1n) is 5.39. The van der Waals surface area contributed by atoms with E-state index in [0.29, 0.717) is 5.69 Å². The number of hydrogen-bond acceptors (Lipinski definition) is 4. The Balaban J connectivity index is 2.51. The molecule has 96 valence electrons.